The molecule has 0 bridgehead atoms. The number of hydrogen-bond acceptors (Lipinski definition) is 3. The molecule has 0 unspecified atom stereocenters. The highest BCUT2D eigenvalue weighted by molar-refractivity contribution is 5.41. The molecule has 13 heavy (non-hydrogen) atoms. The van der Waals surface area contributed by atoms with E-state index in [0.29, 0.717) is 5.69 Å². The normalized spacial score (nSPS) is 10.8. The van der Waals surface area contributed by atoms with Crippen LogP contribution in [0.5, 0.6) is 5.75 Å². The first kappa shape index (κ1) is 9.85. The van der Waals surface area contributed by atoms with Crippen molar-refractivity contribution in [2.75, 3.05) is 0 Å². The van der Waals surface area contributed by atoms with Gasteiger partial charge in [-0.2, -0.15) is 0 Å². The van der Waals surface area contributed by atoms with E-state index in [1.165, 1.54) is 6.92 Å². The summed E-state index contributed by atoms with van der Waals surface area (Å²) in [6, 6.07) is 0. The second-order valence-corrected chi connectivity index (χ2v) is 2.63. The molecule has 0 aromatic carbocycles. The molecule has 0 fully saturated rings. The maximum atomic E-state index is 12.3. The predicted octanol–water partition coefficient (Wildman–Crippen LogP) is 1.49. The Labute approximate surface area is 74.2 Å². The Morgan fingerprint density at radius 3 is 2.69 bits per heavy atom. The zero-order chi connectivity index (χ0) is 10.0. The molecule has 1 aromatic heterocycles. The smallest absolute Gasteiger partial charge is 0.265 e. The molecular formula is C8H10F2N2O. The molecule has 0 saturated heterocycles. The maximum absolute atomic E-state index is 12.3. The number of alkyl halides is 2. The molecule has 1 heterocycles. The molecule has 0 saturated carbocycles. The van der Waals surface area contributed by atoms with E-state index in [4.69, 9.17) is 5.73 Å². The van der Waals surface area contributed by atoms with Crippen molar-refractivity contribution in [1.82, 2.24) is 4.98 Å². The van der Waals surface area contributed by atoms with Crippen LogP contribution >= 0.6 is 0 Å². The lowest BCUT2D eigenvalue weighted by Crippen LogP contribution is -2.04. The van der Waals surface area contributed by atoms with Crippen LogP contribution in [-0.2, 0) is 6.54 Å². The topological polar surface area (TPSA) is 59.1 Å². The lowest BCUT2D eigenvalue weighted by atomic mass is 10.1. The van der Waals surface area contributed by atoms with Gasteiger partial charge >= 0.3 is 0 Å². The van der Waals surface area contributed by atoms with Crippen molar-refractivity contribution in [3.05, 3.63) is 23.0 Å². The summed E-state index contributed by atoms with van der Waals surface area (Å²) in [5.41, 5.74) is 5.32. The van der Waals surface area contributed by atoms with Crippen LogP contribution in [-0.4, -0.2) is 10.1 Å². The SMILES string of the molecule is Cc1ncc(C(F)F)c(CN)c1O. The first-order valence-corrected chi connectivity index (χ1v) is 3.73. The maximum Gasteiger partial charge on any atom is 0.265 e. The van der Waals surface area contributed by atoms with Gasteiger partial charge in [-0.05, 0) is 6.92 Å². The summed E-state index contributed by atoms with van der Waals surface area (Å²) < 4.78 is 24.6. The van der Waals surface area contributed by atoms with E-state index in [0.717, 1.165) is 6.20 Å². The third-order valence-corrected chi connectivity index (χ3v) is 1.81. The highest BCUT2D eigenvalue weighted by Crippen LogP contribution is 2.29. The lowest BCUT2D eigenvalue weighted by molar-refractivity contribution is 0.149. The van der Waals surface area contributed by atoms with Crippen molar-refractivity contribution in [1.29, 1.82) is 0 Å². The summed E-state index contributed by atoms with van der Waals surface area (Å²) in [5.74, 6) is -0.236. The molecule has 3 N–H and O–H groups in total. The van der Waals surface area contributed by atoms with Crippen molar-refractivity contribution in [3.63, 3.8) is 0 Å². The summed E-state index contributed by atoms with van der Waals surface area (Å²) >= 11 is 0. The fourth-order valence-corrected chi connectivity index (χ4v) is 1.06. The Balaban J connectivity index is 3.30. The van der Waals surface area contributed by atoms with Gasteiger partial charge in [-0.15, -0.1) is 0 Å². The van der Waals surface area contributed by atoms with Gasteiger partial charge < -0.3 is 10.8 Å². The van der Waals surface area contributed by atoms with Crippen molar-refractivity contribution in [2.45, 2.75) is 19.9 Å². The molecule has 0 radical (unpaired) electrons. The highest BCUT2D eigenvalue weighted by atomic mass is 19.3. The molecular weight excluding hydrogens is 178 g/mol. The summed E-state index contributed by atoms with van der Waals surface area (Å²) in [6.07, 6.45) is -1.61. The minimum Gasteiger partial charge on any atom is -0.506 e. The van der Waals surface area contributed by atoms with E-state index in [2.05, 4.69) is 4.98 Å². The van der Waals surface area contributed by atoms with Gasteiger partial charge in [0.05, 0.1) is 5.69 Å². The quantitative estimate of drug-likeness (QED) is 0.739. The minimum absolute atomic E-state index is 0.0718. The van der Waals surface area contributed by atoms with E-state index in [9.17, 15) is 13.9 Å². The van der Waals surface area contributed by atoms with Crippen LogP contribution in [0.15, 0.2) is 6.20 Å². The van der Waals surface area contributed by atoms with Gasteiger partial charge in [0, 0.05) is 23.9 Å². The number of rotatable bonds is 2. The van der Waals surface area contributed by atoms with Crippen LogP contribution in [0.1, 0.15) is 23.2 Å². The Hall–Kier alpha value is -1.23. The van der Waals surface area contributed by atoms with E-state index in [-0.39, 0.29) is 23.4 Å². The summed E-state index contributed by atoms with van der Waals surface area (Å²) in [5, 5.41) is 9.35. The van der Waals surface area contributed by atoms with Crippen molar-refractivity contribution < 1.29 is 13.9 Å². The zero-order valence-corrected chi connectivity index (χ0v) is 7.09. The molecule has 0 aliphatic carbocycles. The van der Waals surface area contributed by atoms with Gasteiger partial charge in [0.2, 0.25) is 0 Å². The molecule has 1 aromatic rings. The largest absolute Gasteiger partial charge is 0.506 e. The average Bonchev–Trinajstić information content (AvgIpc) is 2.09. The van der Waals surface area contributed by atoms with Crippen LogP contribution < -0.4 is 5.73 Å². The van der Waals surface area contributed by atoms with E-state index < -0.39 is 6.43 Å². The molecule has 0 aliphatic heterocycles. The number of aromatic hydroxyl groups is 1. The third kappa shape index (κ3) is 1.75. The Morgan fingerprint density at radius 2 is 2.23 bits per heavy atom. The fourth-order valence-electron chi connectivity index (χ4n) is 1.06. The summed E-state index contributed by atoms with van der Waals surface area (Å²) in [7, 11) is 0. The Morgan fingerprint density at radius 1 is 1.62 bits per heavy atom. The molecule has 5 heteroatoms. The minimum atomic E-state index is -2.66. The van der Waals surface area contributed by atoms with Crippen LogP contribution in [0.25, 0.3) is 0 Å². The van der Waals surface area contributed by atoms with Gasteiger partial charge in [-0.1, -0.05) is 0 Å². The van der Waals surface area contributed by atoms with Crippen LogP contribution in [0.3, 0.4) is 0 Å². The van der Waals surface area contributed by atoms with Gasteiger partial charge in [0.15, 0.2) is 0 Å². The van der Waals surface area contributed by atoms with Gasteiger partial charge in [0.25, 0.3) is 6.43 Å². The van der Waals surface area contributed by atoms with Crippen molar-refractivity contribution in [3.8, 4) is 5.75 Å². The van der Waals surface area contributed by atoms with E-state index >= 15 is 0 Å². The predicted molar refractivity (Wildman–Crippen MR) is 43.5 cm³/mol. The zero-order valence-electron chi connectivity index (χ0n) is 7.09. The summed E-state index contributed by atoms with van der Waals surface area (Å²) in [6.45, 7) is 1.42. The number of pyridine rings is 1. The Kier molecular flexibility index (Phi) is 2.77. The van der Waals surface area contributed by atoms with Crippen LogP contribution in [0.4, 0.5) is 8.78 Å². The van der Waals surface area contributed by atoms with Crippen molar-refractivity contribution >= 4 is 0 Å². The second-order valence-electron chi connectivity index (χ2n) is 2.63. The first-order chi connectivity index (χ1) is 6.07. The number of aromatic nitrogens is 1. The third-order valence-electron chi connectivity index (χ3n) is 1.81. The molecule has 0 spiro atoms. The van der Waals surface area contributed by atoms with Gasteiger partial charge in [-0.25, -0.2) is 8.78 Å². The molecule has 0 atom stereocenters. The fraction of sp³-hybridized carbons (Fsp3) is 0.375. The van der Waals surface area contributed by atoms with Gasteiger partial charge in [0.1, 0.15) is 5.75 Å². The van der Waals surface area contributed by atoms with Crippen LogP contribution in [0.2, 0.25) is 0 Å². The molecule has 3 nitrogen and oxygen atoms in total. The second kappa shape index (κ2) is 3.66. The number of nitrogens with two attached hydrogens (primary N) is 1. The van der Waals surface area contributed by atoms with Gasteiger partial charge in [-0.3, -0.25) is 4.98 Å². The molecule has 1 rings (SSSR count). The molecule has 72 valence electrons. The van der Waals surface area contributed by atoms with Crippen molar-refractivity contribution in [2.24, 2.45) is 5.73 Å². The standard InChI is InChI=1S/C8H10F2N2O/c1-4-7(13)5(2-11)6(3-12-4)8(9)10/h3,8,13H,2,11H2,1H3. The number of hydrogen-bond donors (Lipinski definition) is 2. The monoisotopic (exact) mass is 188 g/mol. The Bertz CT molecular complexity index is 315. The molecule has 0 aliphatic rings. The lowest BCUT2D eigenvalue weighted by Gasteiger charge is -2.09. The molecule has 0 amide bonds. The first-order valence-electron chi connectivity index (χ1n) is 3.73. The van der Waals surface area contributed by atoms with Crippen LogP contribution in [0, 0.1) is 6.92 Å². The van der Waals surface area contributed by atoms with E-state index in [1.807, 2.05) is 0 Å². The number of aryl methyl sites for hydroxylation is 1. The average molecular weight is 188 g/mol. The number of halogens is 2. The highest BCUT2D eigenvalue weighted by Gasteiger charge is 2.17. The summed E-state index contributed by atoms with van der Waals surface area (Å²) in [4.78, 5) is 3.62. The number of nitrogens with zero attached hydrogens (tertiary/aromatic N) is 1. The van der Waals surface area contributed by atoms with E-state index in [1.54, 1.807) is 0 Å².